The van der Waals surface area contributed by atoms with Gasteiger partial charge in [-0.2, -0.15) is 0 Å². The Labute approximate surface area is 121 Å². The molecule has 0 spiro atoms. The first-order valence-corrected chi connectivity index (χ1v) is 7.11. The first kappa shape index (κ1) is 15.6. The molecule has 18 heavy (non-hydrogen) atoms. The van der Waals surface area contributed by atoms with Crippen LogP contribution in [0.5, 0.6) is 11.5 Å². The fraction of sp³-hybridized carbons (Fsp3) is 0.538. The van der Waals surface area contributed by atoms with Crippen LogP contribution in [-0.2, 0) is 10.6 Å². The van der Waals surface area contributed by atoms with Crippen LogP contribution in [0.3, 0.4) is 0 Å². The van der Waals surface area contributed by atoms with Gasteiger partial charge in [0.2, 0.25) is 0 Å². The van der Waals surface area contributed by atoms with Gasteiger partial charge < -0.3 is 14.2 Å². The van der Waals surface area contributed by atoms with Gasteiger partial charge >= 0.3 is 0 Å². The molecule has 0 heterocycles. The van der Waals surface area contributed by atoms with Crippen molar-refractivity contribution in [2.24, 2.45) is 0 Å². The monoisotopic (exact) mass is 336 g/mol. The molecule has 1 unspecified atom stereocenters. The van der Waals surface area contributed by atoms with Gasteiger partial charge in [0.05, 0.1) is 17.7 Å². The maximum atomic E-state index is 5.84. The molecule has 0 aliphatic heterocycles. The highest BCUT2D eigenvalue weighted by Gasteiger charge is 2.14. The van der Waals surface area contributed by atoms with E-state index in [1.165, 1.54) is 0 Å². The van der Waals surface area contributed by atoms with Crippen molar-refractivity contribution < 1.29 is 14.2 Å². The quantitative estimate of drug-likeness (QED) is 0.704. The number of hydrogen-bond acceptors (Lipinski definition) is 3. The van der Waals surface area contributed by atoms with Crippen LogP contribution >= 0.6 is 27.5 Å². The summed E-state index contributed by atoms with van der Waals surface area (Å²) in [7, 11) is 1.65. The zero-order valence-electron chi connectivity index (χ0n) is 10.8. The van der Waals surface area contributed by atoms with Gasteiger partial charge in [0.1, 0.15) is 6.10 Å². The van der Waals surface area contributed by atoms with Gasteiger partial charge in [0.15, 0.2) is 11.5 Å². The number of alkyl halides is 1. The van der Waals surface area contributed by atoms with Crippen molar-refractivity contribution in [2.75, 3.05) is 20.3 Å². The van der Waals surface area contributed by atoms with Crippen LogP contribution in [0.1, 0.15) is 19.4 Å². The van der Waals surface area contributed by atoms with Gasteiger partial charge in [-0.25, -0.2) is 0 Å². The standard InChI is InChI=1S/C13H18BrClO3/c1-4-17-12-6-10(7-15)5-11(14)13(12)18-9(2)8-16-3/h5-6,9H,4,7-8H2,1-3H3. The van der Waals surface area contributed by atoms with E-state index < -0.39 is 0 Å². The minimum atomic E-state index is -0.0487. The summed E-state index contributed by atoms with van der Waals surface area (Å²) in [5.74, 6) is 1.83. The van der Waals surface area contributed by atoms with Crippen molar-refractivity contribution in [1.29, 1.82) is 0 Å². The lowest BCUT2D eigenvalue weighted by molar-refractivity contribution is 0.0889. The molecule has 0 bridgehead atoms. The third-order valence-electron chi connectivity index (χ3n) is 2.24. The van der Waals surface area contributed by atoms with Gasteiger partial charge in [0.25, 0.3) is 0 Å². The topological polar surface area (TPSA) is 27.7 Å². The van der Waals surface area contributed by atoms with Crippen LogP contribution in [-0.4, -0.2) is 26.4 Å². The van der Waals surface area contributed by atoms with Crippen molar-refractivity contribution in [2.45, 2.75) is 25.8 Å². The van der Waals surface area contributed by atoms with E-state index in [0.29, 0.717) is 30.6 Å². The number of halogens is 2. The van der Waals surface area contributed by atoms with Crippen molar-refractivity contribution in [3.05, 3.63) is 22.2 Å². The molecule has 0 amide bonds. The fourth-order valence-corrected chi connectivity index (χ4v) is 2.28. The molecule has 102 valence electrons. The molecule has 0 radical (unpaired) electrons. The van der Waals surface area contributed by atoms with Gasteiger partial charge in [-0.15, -0.1) is 11.6 Å². The Morgan fingerprint density at radius 2 is 2.11 bits per heavy atom. The van der Waals surface area contributed by atoms with Crippen LogP contribution in [0.4, 0.5) is 0 Å². The zero-order valence-corrected chi connectivity index (χ0v) is 13.2. The number of ether oxygens (including phenoxy) is 3. The van der Waals surface area contributed by atoms with Crippen molar-refractivity contribution >= 4 is 27.5 Å². The van der Waals surface area contributed by atoms with Gasteiger partial charge in [-0.3, -0.25) is 0 Å². The summed E-state index contributed by atoms with van der Waals surface area (Å²) >= 11 is 9.33. The Morgan fingerprint density at radius 3 is 2.67 bits per heavy atom. The molecular weight excluding hydrogens is 319 g/mol. The van der Waals surface area contributed by atoms with E-state index in [2.05, 4.69) is 15.9 Å². The second kappa shape index (κ2) is 7.87. The summed E-state index contributed by atoms with van der Waals surface area (Å²) in [6.07, 6.45) is -0.0487. The molecule has 0 fully saturated rings. The van der Waals surface area contributed by atoms with Crippen LogP contribution < -0.4 is 9.47 Å². The highest BCUT2D eigenvalue weighted by Crippen LogP contribution is 2.38. The Hall–Kier alpha value is -0.450. The van der Waals surface area contributed by atoms with E-state index in [0.717, 1.165) is 10.0 Å². The summed E-state index contributed by atoms with van der Waals surface area (Å²) in [4.78, 5) is 0. The van der Waals surface area contributed by atoms with E-state index in [1.807, 2.05) is 26.0 Å². The molecule has 1 aromatic carbocycles. The van der Waals surface area contributed by atoms with Gasteiger partial charge in [0, 0.05) is 13.0 Å². The molecule has 1 atom stereocenters. The van der Waals surface area contributed by atoms with E-state index >= 15 is 0 Å². The highest BCUT2D eigenvalue weighted by molar-refractivity contribution is 9.10. The van der Waals surface area contributed by atoms with E-state index in [4.69, 9.17) is 25.8 Å². The van der Waals surface area contributed by atoms with Crippen molar-refractivity contribution in [3.8, 4) is 11.5 Å². The summed E-state index contributed by atoms with van der Waals surface area (Å²) in [5.41, 5.74) is 0.985. The molecule has 0 aromatic heterocycles. The number of hydrogen-bond donors (Lipinski definition) is 0. The van der Waals surface area contributed by atoms with Crippen LogP contribution in [0.15, 0.2) is 16.6 Å². The maximum absolute atomic E-state index is 5.84. The summed E-state index contributed by atoms with van der Waals surface area (Å²) < 4.78 is 17.3. The third-order valence-corrected chi connectivity index (χ3v) is 3.14. The van der Waals surface area contributed by atoms with Crippen LogP contribution in [0, 0.1) is 0 Å². The molecular formula is C13H18BrClO3. The Balaban J connectivity index is 2.99. The predicted molar refractivity (Wildman–Crippen MR) is 76.8 cm³/mol. The molecule has 0 aliphatic carbocycles. The largest absolute Gasteiger partial charge is 0.490 e. The Morgan fingerprint density at radius 1 is 1.39 bits per heavy atom. The SMILES string of the molecule is CCOc1cc(CCl)cc(Br)c1OC(C)COC. The first-order chi connectivity index (χ1) is 8.62. The number of methoxy groups -OCH3 is 1. The lowest BCUT2D eigenvalue weighted by Crippen LogP contribution is -2.18. The van der Waals surface area contributed by atoms with Crippen molar-refractivity contribution in [1.82, 2.24) is 0 Å². The lowest BCUT2D eigenvalue weighted by atomic mass is 10.2. The van der Waals surface area contributed by atoms with Gasteiger partial charge in [-0.05, 0) is 47.5 Å². The van der Waals surface area contributed by atoms with Gasteiger partial charge in [-0.1, -0.05) is 0 Å². The Bertz CT molecular complexity index is 385. The summed E-state index contributed by atoms with van der Waals surface area (Å²) in [5, 5.41) is 0. The molecule has 0 saturated carbocycles. The summed E-state index contributed by atoms with van der Waals surface area (Å²) in [6, 6.07) is 3.83. The number of rotatable bonds is 7. The first-order valence-electron chi connectivity index (χ1n) is 5.79. The van der Waals surface area contributed by atoms with E-state index in [1.54, 1.807) is 7.11 Å². The predicted octanol–water partition coefficient (Wildman–Crippen LogP) is 4.00. The van der Waals surface area contributed by atoms with E-state index in [-0.39, 0.29) is 6.10 Å². The van der Waals surface area contributed by atoms with Crippen LogP contribution in [0.25, 0.3) is 0 Å². The normalized spacial score (nSPS) is 12.3. The molecule has 0 N–H and O–H groups in total. The zero-order chi connectivity index (χ0) is 13.5. The molecule has 1 rings (SSSR count). The second-order valence-electron chi connectivity index (χ2n) is 3.86. The minimum Gasteiger partial charge on any atom is -0.490 e. The molecule has 0 saturated heterocycles. The molecule has 1 aromatic rings. The second-order valence-corrected chi connectivity index (χ2v) is 4.98. The summed E-state index contributed by atoms with van der Waals surface area (Å²) in [6.45, 7) is 4.98. The Kier molecular flexibility index (Phi) is 6.82. The molecule has 5 heteroatoms. The maximum Gasteiger partial charge on any atom is 0.175 e. The average Bonchev–Trinajstić information content (AvgIpc) is 2.33. The third kappa shape index (κ3) is 4.34. The number of benzene rings is 1. The van der Waals surface area contributed by atoms with E-state index in [9.17, 15) is 0 Å². The molecule has 0 aliphatic rings. The lowest BCUT2D eigenvalue weighted by Gasteiger charge is -2.19. The highest BCUT2D eigenvalue weighted by atomic mass is 79.9. The van der Waals surface area contributed by atoms with Crippen molar-refractivity contribution in [3.63, 3.8) is 0 Å². The fourth-order valence-electron chi connectivity index (χ4n) is 1.55. The smallest absolute Gasteiger partial charge is 0.175 e. The van der Waals surface area contributed by atoms with Crippen LogP contribution in [0.2, 0.25) is 0 Å². The molecule has 3 nitrogen and oxygen atoms in total. The average molecular weight is 338 g/mol. The minimum absolute atomic E-state index is 0.0487.